The minimum atomic E-state index is -0.0141. The molecule has 0 saturated carbocycles. The van der Waals surface area contributed by atoms with Gasteiger partial charge in [-0.05, 0) is 28.5 Å². The molecule has 2 nitrogen and oxygen atoms in total. The van der Waals surface area contributed by atoms with E-state index < -0.39 is 0 Å². The van der Waals surface area contributed by atoms with E-state index in [1.54, 1.807) is 0 Å². The van der Waals surface area contributed by atoms with Crippen LogP contribution in [0.2, 0.25) is 0 Å². The lowest BCUT2D eigenvalue weighted by atomic mass is 9.86. The predicted molar refractivity (Wildman–Crippen MR) is 80.8 cm³/mol. The number of nitrogens with one attached hydrogen (secondary N) is 1. The molecule has 3 aromatic rings. The molecule has 0 amide bonds. The number of fused-ring (bicyclic) bond motifs is 3. The van der Waals surface area contributed by atoms with Crippen LogP contribution in [0.4, 0.5) is 0 Å². The Morgan fingerprint density at radius 3 is 2.37 bits per heavy atom. The molecule has 1 N–H and O–H groups in total. The summed E-state index contributed by atoms with van der Waals surface area (Å²) >= 11 is 0. The first kappa shape index (κ1) is 12.0. The maximum absolute atomic E-state index is 12.2. The standard InChI is InChI=1S/C17H17NO/c1-17(2,3)11-8-9-12-13-6-4-5-7-15(13)18-16(19)14(12)10-11/h4-10H,1-3H3,(H,18,19). The average Bonchev–Trinajstić information content (AvgIpc) is 2.37. The smallest absolute Gasteiger partial charge is 0.256 e. The molecule has 0 aliphatic carbocycles. The van der Waals surface area contributed by atoms with Gasteiger partial charge in [0.25, 0.3) is 5.56 Å². The monoisotopic (exact) mass is 251 g/mol. The van der Waals surface area contributed by atoms with Crippen LogP contribution in [0.3, 0.4) is 0 Å². The zero-order valence-electron chi connectivity index (χ0n) is 11.4. The van der Waals surface area contributed by atoms with Gasteiger partial charge in [0.15, 0.2) is 0 Å². The maximum Gasteiger partial charge on any atom is 0.256 e. The second-order valence-corrected chi connectivity index (χ2v) is 6.01. The summed E-state index contributed by atoms with van der Waals surface area (Å²) in [4.78, 5) is 15.2. The highest BCUT2D eigenvalue weighted by molar-refractivity contribution is 6.05. The van der Waals surface area contributed by atoms with Crippen LogP contribution in [0, 0.1) is 0 Å². The molecule has 2 heteroatoms. The quantitative estimate of drug-likeness (QED) is 0.602. The SMILES string of the molecule is CC(C)(C)c1ccc2c(c1)c(=O)[nH]c1ccccc12. The molecule has 0 saturated heterocycles. The van der Waals surface area contributed by atoms with Crippen LogP contribution in [-0.2, 0) is 5.41 Å². The van der Waals surface area contributed by atoms with Gasteiger partial charge >= 0.3 is 0 Å². The van der Waals surface area contributed by atoms with E-state index in [9.17, 15) is 4.79 Å². The first-order chi connectivity index (χ1) is 8.97. The number of hydrogen-bond acceptors (Lipinski definition) is 1. The normalized spacial score (nSPS) is 12.2. The predicted octanol–water partition coefficient (Wildman–Crippen LogP) is 3.98. The van der Waals surface area contributed by atoms with Crippen LogP contribution in [0.15, 0.2) is 47.3 Å². The van der Waals surface area contributed by atoms with Crippen molar-refractivity contribution >= 4 is 21.7 Å². The third-order valence-electron chi connectivity index (χ3n) is 3.60. The Hall–Kier alpha value is -2.09. The number of benzene rings is 2. The molecule has 0 aliphatic rings. The van der Waals surface area contributed by atoms with E-state index in [-0.39, 0.29) is 11.0 Å². The highest BCUT2D eigenvalue weighted by Crippen LogP contribution is 2.27. The molecule has 1 heterocycles. The second kappa shape index (κ2) is 3.95. The van der Waals surface area contributed by atoms with E-state index in [2.05, 4.69) is 37.9 Å². The molecule has 0 bridgehead atoms. The van der Waals surface area contributed by atoms with E-state index in [0.717, 1.165) is 21.7 Å². The number of para-hydroxylation sites is 1. The van der Waals surface area contributed by atoms with Crippen molar-refractivity contribution in [2.75, 3.05) is 0 Å². The van der Waals surface area contributed by atoms with Crippen molar-refractivity contribution < 1.29 is 0 Å². The summed E-state index contributed by atoms with van der Waals surface area (Å²) in [6.45, 7) is 6.47. The van der Waals surface area contributed by atoms with Crippen LogP contribution in [0.1, 0.15) is 26.3 Å². The Morgan fingerprint density at radius 1 is 0.895 bits per heavy atom. The Labute approximate surface area is 112 Å². The fraction of sp³-hybridized carbons (Fsp3) is 0.235. The summed E-state index contributed by atoms with van der Waals surface area (Å²) in [5, 5.41) is 2.89. The van der Waals surface area contributed by atoms with Gasteiger partial charge in [-0.3, -0.25) is 4.79 Å². The highest BCUT2D eigenvalue weighted by atomic mass is 16.1. The topological polar surface area (TPSA) is 32.9 Å². The molecule has 0 spiro atoms. The Morgan fingerprint density at radius 2 is 1.63 bits per heavy atom. The number of rotatable bonds is 0. The molecular formula is C17H17NO. The molecule has 1 aromatic heterocycles. The molecular weight excluding hydrogens is 234 g/mol. The highest BCUT2D eigenvalue weighted by Gasteiger charge is 2.15. The number of pyridine rings is 1. The van der Waals surface area contributed by atoms with Gasteiger partial charge in [-0.1, -0.05) is 51.1 Å². The first-order valence-electron chi connectivity index (χ1n) is 6.52. The van der Waals surface area contributed by atoms with Crippen molar-refractivity contribution in [1.29, 1.82) is 0 Å². The summed E-state index contributed by atoms with van der Waals surface area (Å²) in [7, 11) is 0. The van der Waals surface area contributed by atoms with Crippen LogP contribution in [0.25, 0.3) is 21.7 Å². The summed E-state index contributed by atoms with van der Waals surface area (Å²) in [6.07, 6.45) is 0. The van der Waals surface area contributed by atoms with Crippen LogP contribution in [-0.4, -0.2) is 4.98 Å². The van der Waals surface area contributed by atoms with E-state index in [1.807, 2.05) is 30.3 Å². The van der Waals surface area contributed by atoms with Crippen molar-refractivity contribution in [2.45, 2.75) is 26.2 Å². The minimum absolute atomic E-state index is 0.0141. The van der Waals surface area contributed by atoms with E-state index >= 15 is 0 Å². The average molecular weight is 251 g/mol. The fourth-order valence-corrected chi connectivity index (χ4v) is 2.45. The molecule has 0 fully saturated rings. The van der Waals surface area contributed by atoms with Gasteiger partial charge in [0.1, 0.15) is 0 Å². The molecule has 0 aliphatic heterocycles. The molecule has 0 radical (unpaired) electrons. The number of hydrogen-bond donors (Lipinski definition) is 1. The van der Waals surface area contributed by atoms with Crippen molar-refractivity contribution in [3.05, 3.63) is 58.4 Å². The third kappa shape index (κ3) is 1.93. The zero-order valence-corrected chi connectivity index (χ0v) is 11.4. The number of aromatic amines is 1. The van der Waals surface area contributed by atoms with Crippen molar-refractivity contribution in [2.24, 2.45) is 0 Å². The Balaban J connectivity index is 2.45. The van der Waals surface area contributed by atoms with Crippen LogP contribution >= 0.6 is 0 Å². The second-order valence-electron chi connectivity index (χ2n) is 6.01. The number of aromatic nitrogens is 1. The molecule has 19 heavy (non-hydrogen) atoms. The molecule has 0 unspecified atom stereocenters. The van der Waals surface area contributed by atoms with Gasteiger partial charge in [-0.15, -0.1) is 0 Å². The van der Waals surface area contributed by atoms with Crippen LogP contribution in [0.5, 0.6) is 0 Å². The lowest BCUT2D eigenvalue weighted by Gasteiger charge is -2.19. The number of H-pyrrole nitrogens is 1. The lowest BCUT2D eigenvalue weighted by molar-refractivity contribution is 0.591. The largest absolute Gasteiger partial charge is 0.321 e. The van der Waals surface area contributed by atoms with Gasteiger partial charge < -0.3 is 4.98 Å². The van der Waals surface area contributed by atoms with Crippen molar-refractivity contribution in [1.82, 2.24) is 4.98 Å². The van der Waals surface area contributed by atoms with Gasteiger partial charge in [0.05, 0.1) is 0 Å². The minimum Gasteiger partial charge on any atom is -0.321 e. The molecule has 96 valence electrons. The Bertz CT molecular complexity index is 822. The zero-order chi connectivity index (χ0) is 13.6. The Kier molecular flexibility index (Phi) is 2.49. The maximum atomic E-state index is 12.2. The van der Waals surface area contributed by atoms with E-state index in [0.29, 0.717) is 0 Å². The third-order valence-corrected chi connectivity index (χ3v) is 3.60. The van der Waals surface area contributed by atoms with Crippen LogP contribution < -0.4 is 5.56 Å². The lowest BCUT2D eigenvalue weighted by Crippen LogP contribution is -2.13. The van der Waals surface area contributed by atoms with Gasteiger partial charge in [0.2, 0.25) is 0 Å². The van der Waals surface area contributed by atoms with E-state index in [1.165, 1.54) is 5.56 Å². The summed E-state index contributed by atoms with van der Waals surface area (Å²) in [5.41, 5.74) is 2.11. The van der Waals surface area contributed by atoms with Crippen molar-refractivity contribution in [3.63, 3.8) is 0 Å². The van der Waals surface area contributed by atoms with E-state index in [4.69, 9.17) is 0 Å². The molecule has 3 rings (SSSR count). The van der Waals surface area contributed by atoms with Crippen molar-refractivity contribution in [3.8, 4) is 0 Å². The molecule has 2 aromatic carbocycles. The summed E-state index contributed by atoms with van der Waals surface area (Å²) in [5.74, 6) is 0. The summed E-state index contributed by atoms with van der Waals surface area (Å²) < 4.78 is 0. The summed E-state index contributed by atoms with van der Waals surface area (Å²) in [6, 6.07) is 14.1. The van der Waals surface area contributed by atoms with Gasteiger partial charge in [-0.25, -0.2) is 0 Å². The molecule has 0 atom stereocenters. The fourth-order valence-electron chi connectivity index (χ4n) is 2.45. The van der Waals surface area contributed by atoms with Gasteiger partial charge in [-0.2, -0.15) is 0 Å². The first-order valence-corrected chi connectivity index (χ1v) is 6.52. The van der Waals surface area contributed by atoms with Gasteiger partial charge in [0, 0.05) is 16.3 Å².